The van der Waals surface area contributed by atoms with E-state index in [2.05, 4.69) is 9.97 Å². The van der Waals surface area contributed by atoms with Crippen LogP contribution in [0, 0.1) is 6.92 Å². The highest BCUT2D eigenvalue weighted by Crippen LogP contribution is 2.47. The Kier molecular flexibility index (Phi) is 1.22. The van der Waals surface area contributed by atoms with Gasteiger partial charge in [-0.3, -0.25) is 0 Å². The predicted molar refractivity (Wildman–Crippen MR) is 38.8 cm³/mol. The molecule has 1 saturated carbocycles. The van der Waals surface area contributed by atoms with Crippen LogP contribution >= 0.6 is 0 Å². The summed E-state index contributed by atoms with van der Waals surface area (Å²) < 4.78 is 13.3. The second kappa shape index (κ2) is 2.00. The average Bonchev–Trinajstić information content (AvgIpc) is 2.70. The van der Waals surface area contributed by atoms with Crippen molar-refractivity contribution in [1.29, 1.82) is 0 Å². The molecular formula is C8H9FN2. The quantitative estimate of drug-likeness (QED) is 0.612. The lowest BCUT2D eigenvalue weighted by Crippen LogP contribution is -2.05. The van der Waals surface area contributed by atoms with E-state index in [-0.39, 0.29) is 0 Å². The predicted octanol–water partition coefficient (Wildman–Crippen LogP) is 1.74. The van der Waals surface area contributed by atoms with Gasteiger partial charge in [0, 0.05) is 11.9 Å². The first-order valence-corrected chi connectivity index (χ1v) is 3.70. The lowest BCUT2D eigenvalue weighted by Gasteiger charge is -2.02. The van der Waals surface area contributed by atoms with E-state index in [0.29, 0.717) is 18.7 Å². The number of rotatable bonds is 1. The van der Waals surface area contributed by atoms with E-state index in [9.17, 15) is 4.39 Å². The SMILES string of the molecule is Cc1ccnc(C2(F)CC2)n1. The monoisotopic (exact) mass is 152 g/mol. The van der Waals surface area contributed by atoms with Crippen LogP contribution in [0.1, 0.15) is 24.4 Å². The summed E-state index contributed by atoms with van der Waals surface area (Å²) in [6.45, 7) is 1.84. The summed E-state index contributed by atoms with van der Waals surface area (Å²) in [6, 6.07) is 1.77. The van der Waals surface area contributed by atoms with E-state index in [1.807, 2.05) is 6.92 Å². The number of aryl methyl sites for hydroxylation is 1. The highest BCUT2D eigenvalue weighted by molar-refractivity contribution is 5.13. The Morgan fingerprint density at radius 3 is 2.82 bits per heavy atom. The average molecular weight is 152 g/mol. The van der Waals surface area contributed by atoms with Crippen LogP contribution < -0.4 is 0 Å². The molecule has 11 heavy (non-hydrogen) atoms. The number of hydrogen-bond donors (Lipinski definition) is 0. The van der Waals surface area contributed by atoms with E-state index in [1.54, 1.807) is 12.3 Å². The topological polar surface area (TPSA) is 25.8 Å². The molecule has 0 amide bonds. The third kappa shape index (κ3) is 1.11. The van der Waals surface area contributed by atoms with E-state index in [4.69, 9.17) is 0 Å². The summed E-state index contributed by atoms with van der Waals surface area (Å²) in [6.07, 6.45) is 2.77. The Morgan fingerprint density at radius 2 is 2.27 bits per heavy atom. The van der Waals surface area contributed by atoms with Gasteiger partial charge in [-0.05, 0) is 25.8 Å². The summed E-state index contributed by atoms with van der Waals surface area (Å²) in [5.41, 5.74) is -0.356. The van der Waals surface area contributed by atoms with Crippen LogP contribution in [-0.4, -0.2) is 9.97 Å². The van der Waals surface area contributed by atoms with Gasteiger partial charge in [-0.15, -0.1) is 0 Å². The molecule has 0 spiro atoms. The Hall–Kier alpha value is -0.990. The van der Waals surface area contributed by atoms with Crippen LogP contribution in [0.2, 0.25) is 0 Å². The molecule has 0 radical (unpaired) electrons. The van der Waals surface area contributed by atoms with Crippen molar-refractivity contribution in [2.45, 2.75) is 25.4 Å². The van der Waals surface area contributed by atoms with Crippen molar-refractivity contribution in [1.82, 2.24) is 9.97 Å². The van der Waals surface area contributed by atoms with Crippen molar-refractivity contribution >= 4 is 0 Å². The van der Waals surface area contributed by atoms with Gasteiger partial charge in [0.1, 0.15) is 0 Å². The molecule has 1 aliphatic carbocycles. The van der Waals surface area contributed by atoms with Crippen molar-refractivity contribution in [2.75, 3.05) is 0 Å². The number of aromatic nitrogens is 2. The van der Waals surface area contributed by atoms with E-state index >= 15 is 0 Å². The van der Waals surface area contributed by atoms with Crippen LogP contribution in [0.5, 0.6) is 0 Å². The third-order valence-electron chi connectivity index (χ3n) is 1.88. The second-order valence-corrected chi connectivity index (χ2v) is 2.99. The maximum absolute atomic E-state index is 13.3. The molecule has 1 fully saturated rings. The first-order valence-electron chi connectivity index (χ1n) is 3.70. The van der Waals surface area contributed by atoms with E-state index in [1.165, 1.54) is 0 Å². The van der Waals surface area contributed by atoms with Crippen LogP contribution in [0.4, 0.5) is 4.39 Å². The zero-order valence-electron chi connectivity index (χ0n) is 6.34. The molecule has 2 rings (SSSR count). The minimum Gasteiger partial charge on any atom is -0.238 e. The summed E-state index contributed by atoms with van der Waals surface area (Å²) in [5.74, 6) is 0.359. The minimum absolute atomic E-state index is 0.359. The maximum Gasteiger partial charge on any atom is 0.170 e. The molecule has 1 aliphatic rings. The highest BCUT2D eigenvalue weighted by atomic mass is 19.1. The molecule has 0 bridgehead atoms. The molecule has 1 aromatic heterocycles. The minimum atomic E-state index is -1.19. The zero-order valence-corrected chi connectivity index (χ0v) is 6.34. The lowest BCUT2D eigenvalue weighted by atomic mass is 10.3. The number of hydrogen-bond acceptors (Lipinski definition) is 2. The molecule has 0 aliphatic heterocycles. The van der Waals surface area contributed by atoms with Crippen molar-refractivity contribution in [2.24, 2.45) is 0 Å². The fraction of sp³-hybridized carbons (Fsp3) is 0.500. The summed E-state index contributed by atoms with van der Waals surface area (Å²) in [5, 5.41) is 0. The Bertz CT molecular complexity index is 281. The summed E-state index contributed by atoms with van der Waals surface area (Å²) in [4.78, 5) is 7.91. The lowest BCUT2D eigenvalue weighted by molar-refractivity contribution is 0.299. The molecule has 0 saturated heterocycles. The Balaban J connectivity index is 2.38. The van der Waals surface area contributed by atoms with Gasteiger partial charge in [-0.25, -0.2) is 14.4 Å². The van der Waals surface area contributed by atoms with Crippen molar-refractivity contribution in [3.8, 4) is 0 Å². The standard InChI is InChI=1S/C8H9FN2/c1-6-2-5-10-7(11-6)8(9)3-4-8/h2,5H,3-4H2,1H3. The molecule has 58 valence electrons. The largest absolute Gasteiger partial charge is 0.238 e. The normalized spacial score (nSPS) is 19.8. The van der Waals surface area contributed by atoms with Crippen molar-refractivity contribution in [3.63, 3.8) is 0 Å². The number of alkyl halides is 1. The van der Waals surface area contributed by atoms with Gasteiger partial charge in [0.05, 0.1) is 0 Å². The first kappa shape index (κ1) is 6.70. The van der Waals surface area contributed by atoms with Gasteiger partial charge in [-0.2, -0.15) is 0 Å². The van der Waals surface area contributed by atoms with E-state index in [0.717, 1.165) is 5.69 Å². The van der Waals surface area contributed by atoms with Crippen molar-refractivity contribution < 1.29 is 4.39 Å². The van der Waals surface area contributed by atoms with Gasteiger partial charge < -0.3 is 0 Å². The Labute approximate surface area is 64.5 Å². The van der Waals surface area contributed by atoms with E-state index < -0.39 is 5.67 Å². The molecule has 0 aromatic carbocycles. The third-order valence-corrected chi connectivity index (χ3v) is 1.88. The number of halogens is 1. The van der Waals surface area contributed by atoms with Gasteiger partial charge in [0.2, 0.25) is 0 Å². The van der Waals surface area contributed by atoms with Crippen LogP contribution in [-0.2, 0) is 5.67 Å². The molecule has 2 nitrogen and oxygen atoms in total. The second-order valence-electron chi connectivity index (χ2n) is 2.99. The van der Waals surface area contributed by atoms with Gasteiger partial charge in [0.15, 0.2) is 11.5 Å². The van der Waals surface area contributed by atoms with Crippen molar-refractivity contribution in [3.05, 3.63) is 23.8 Å². The molecular weight excluding hydrogens is 143 g/mol. The first-order chi connectivity index (χ1) is 5.21. The maximum atomic E-state index is 13.3. The molecule has 0 atom stereocenters. The van der Waals surface area contributed by atoms with Gasteiger partial charge in [-0.1, -0.05) is 0 Å². The van der Waals surface area contributed by atoms with Crippen LogP contribution in [0.3, 0.4) is 0 Å². The van der Waals surface area contributed by atoms with Gasteiger partial charge >= 0.3 is 0 Å². The summed E-state index contributed by atoms with van der Waals surface area (Å²) >= 11 is 0. The smallest absolute Gasteiger partial charge is 0.170 e. The fourth-order valence-electron chi connectivity index (χ4n) is 0.998. The number of nitrogens with zero attached hydrogens (tertiary/aromatic N) is 2. The Morgan fingerprint density at radius 1 is 1.55 bits per heavy atom. The fourth-order valence-corrected chi connectivity index (χ4v) is 0.998. The molecule has 1 heterocycles. The summed E-state index contributed by atoms with van der Waals surface area (Å²) in [7, 11) is 0. The van der Waals surface area contributed by atoms with Crippen LogP contribution in [0.15, 0.2) is 12.3 Å². The zero-order chi connectivity index (χ0) is 7.90. The van der Waals surface area contributed by atoms with Gasteiger partial charge in [0.25, 0.3) is 0 Å². The molecule has 0 N–H and O–H groups in total. The highest BCUT2D eigenvalue weighted by Gasteiger charge is 2.47. The van der Waals surface area contributed by atoms with Crippen LogP contribution in [0.25, 0.3) is 0 Å². The molecule has 1 aromatic rings. The molecule has 0 unspecified atom stereocenters. The molecule has 3 heteroatoms.